The molecule has 38 heavy (non-hydrogen) atoms. The molecule has 0 amide bonds. The first-order valence-corrected chi connectivity index (χ1v) is 13.9. The number of aliphatic hydroxyl groups excluding tert-OH is 1. The van der Waals surface area contributed by atoms with Gasteiger partial charge in [0.2, 0.25) is 0 Å². The summed E-state index contributed by atoms with van der Waals surface area (Å²) in [6.45, 7) is 3.68. The van der Waals surface area contributed by atoms with Crippen molar-refractivity contribution < 1.29 is 14.2 Å². The largest absolute Gasteiger partial charge is 0.391 e. The maximum atomic E-state index is 14.6. The molecule has 0 spiro atoms. The summed E-state index contributed by atoms with van der Waals surface area (Å²) in [7, 11) is 0. The first-order chi connectivity index (χ1) is 18.5. The Bertz CT molecular complexity index is 1510. The van der Waals surface area contributed by atoms with Crippen LogP contribution in [0.1, 0.15) is 35.7 Å². The molecule has 3 atom stereocenters. The number of ether oxygens (including phenoxy) is 1. The Hall–Kier alpha value is -3.13. The van der Waals surface area contributed by atoms with Gasteiger partial charge in [0.05, 0.1) is 23.8 Å². The average molecular weight is 532 g/mol. The fraction of sp³-hybridized carbons (Fsp3) is 0.379. The number of thiophene rings is 1. The lowest BCUT2D eigenvalue weighted by molar-refractivity contribution is -0.0327. The minimum absolute atomic E-state index is 0.0378. The molecule has 0 bridgehead atoms. The number of rotatable bonds is 5. The summed E-state index contributed by atoms with van der Waals surface area (Å²) in [6, 6.07) is 15.0. The van der Waals surface area contributed by atoms with E-state index in [1.807, 2.05) is 35.1 Å². The highest BCUT2D eigenvalue weighted by molar-refractivity contribution is 7.16. The standard InChI is InChI=1S/C29H30FN5O2S/c30-25-11-18(3-4-20(25)13-31)24-12-23(16-34-8-1-2-22(32)15-34)38-29(24)19-5-6-26-21(10-19)14-35(33-26)27-17-37-9-7-28(27)36/h3-6,10-12,14,22,27-28,36H,1-2,7-9,15-17,32H2/t22-,27?,28?/m1/s1. The van der Waals surface area contributed by atoms with E-state index in [-0.39, 0.29) is 17.6 Å². The second-order valence-corrected chi connectivity index (χ2v) is 11.4. The minimum atomic E-state index is -0.518. The number of nitriles is 1. The third-order valence-corrected chi connectivity index (χ3v) is 8.69. The number of nitrogens with two attached hydrogens (primary N) is 1. The molecular weight excluding hydrogens is 501 g/mol. The van der Waals surface area contributed by atoms with Gasteiger partial charge in [0.25, 0.3) is 0 Å². The zero-order valence-electron chi connectivity index (χ0n) is 21.0. The second kappa shape index (κ2) is 10.6. The predicted molar refractivity (Wildman–Crippen MR) is 146 cm³/mol. The molecule has 6 rings (SSSR count). The van der Waals surface area contributed by atoms with Crippen LogP contribution in [0.15, 0.2) is 48.7 Å². The van der Waals surface area contributed by atoms with Gasteiger partial charge in [-0.1, -0.05) is 12.1 Å². The third-order valence-electron chi connectivity index (χ3n) is 7.52. The Morgan fingerprint density at radius 3 is 2.84 bits per heavy atom. The lowest BCUT2D eigenvalue weighted by atomic mass is 10.00. The summed E-state index contributed by atoms with van der Waals surface area (Å²) in [5.41, 5.74) is 9.80. The Balaban J connectivity index is 1.39. The van der Waals surface area contributed by atoms with Crippen LogP contribution in [0.4, 0.5) is 4.39 Å². The zero-order valence-corrected chi connectivity index (χ0v) is 21.8. The molecule has 3 N–H and O–H groups in total. The predicted octanol–water partition coefficient (Wildman–Crippen LogP) is 4.69. The molecule has 9 heteroatoms. The smallest absolute Gasteiger partial charge is 0.141 e. The number of aliphatic hydroxyl groups is 1. The van der Waals surface area contributed by atoms with Crippen LogP contribution in [0.3, 0.4) is 0 Å². The minimum Gasteiger partial charge on any atom is -0.391 e. The third kappa shape index (κ3) is 4.98. The SMILES string of the molecule is N#Cc1ccc(-c2cc(CN3CCC[C@@H](N)C3)sc2-c2ccc3nn(C4COCCC4O)cc3c2)cc1F. The van der Waals surface area contributed by atoms with Crippen molar-refractivity contribution >= 4 is 22.2 Å². The Morgan fingerprint density at radius 2 is 2.05 bits per heavy atom. The molecule has 7 nitrogen and oxygen atoms in total. The molecule has 2 aromatic carbocycles. The van der Waals surface area contributed by atoms with Crippen LogP contribution in [0.2, 0.25) is 0 Å². The number of hydrogen-bond donors (Lipinski definition) is 2. The number of piperidine rings is 1. The molecule has 2 aliphatic heterocycles. The number of fused-ring (bicyclic) bond motifs is 1. The van der Waals surface area contributed by atoms with Crippen LogP contribution in [0.25, 0.3) is 32.5 Å². The number of nitrogens with zero attached hydrogens (tertiary/aromatic N) is 4. The van der Waals surface area contributed by atoms with Crippen LogP contribution in [-0.2, 0) is 11.3 Å². The molecule has 2 aromatic heterocycles. The Kier molecular flexibility index (Phi) is 6.99. The van der Waals surface area contributed by atoms with Crippen molar-refractivity contribution in [3.63, 3.8) is 0 Å². The number of aromatic nitrogens is 2. The van der Waals surface area contributed by atoms with Crippen molar-refractivity contribution in [2.45, 2.75) is 44.0 Å². The fourth-order valence-corrected chi connectivity index (χ4v) is 6.72. The van der Waals surface area contributed by atoms with E-state index < -0.39 is 11.9 Å². The number of benzene rings is 2. The van der Waals surface area contributed by atoms with Gasteiger partial charge < -0.3 is 15.6 Å². The molecule has 0 radical (unpaired) electrons. The molecule has 196 valence electrons. The van der Waals surface area contributed by atoms with Crippen LogP contribution < -0.4 is 5.73 Å². The summed E-state index contributed by atoms with van der Waals surface area (Å²) in [5.74, 6) is -0.518. The lowest BCUT2D eigenvalue weighted by Crippen LogP contribution is -2.42. The maximum absolute atomic E-state index is 14.6. The molecule has 0 saturated carbocycles. The van der Waals surface area contributed by atoms with Gasteiger partial charge in [0.1, 0.15) is 17.9 Å². The molecule has 2 aliphatic rings. The highest BCUT2D eigenvalue weighted by Crippen LogP contribution is 2.41. The lowest BCUT2D eigenvalue weighted by Gasteiger charge is -2.30. The molecule has 2 saturated heterocycles. The normalized spacial score (nSPS) is 22.5. The van der Waals surface area contributed by atoms with Crippen molar-refractivity contribution in [2.75, 3.05) is 26.3 Å². The van der Waals surface area contributed by atoms with E-state index >= 15 is 0 Å². The second-order valence-electron chi connectivity index (χ2n) is 10.3. The molecule has 4 heterocycles. The highest BCUT2D eigenvalue weighted by atomic mass is 32.1. The van der Waals surface area contributed by atoms with Crippen LogP contribution >= 0.6 is 11.3 Å². The molecule has 4 aromatic rings. The van der Waals surface area contributed by atoms with Crippen molar-refractivity contribution in [3.05, 3.63) is 64.9 Å². The first kappa shape index (κ1) is 25.2. The van der Waals surface area contributed by atoms with Crippen LogP contribution in [0, 0.1) is 17.1 Å². The summed E-state index contributed by atoms with van der Waals surface area (Å²) in [6.07, 6.45) is 4.22. The summed E-state index contributed by atoms with van der Waals surface area (Å²) >= 11 is 1.70. The molecule has 0 aliphatic carbocycles. The van der Waals surface area contributed by atoms with Gasteiger partial charge in [-0.2, -0.15) is 10.4 Å². The Morgan fingerprint density at radius 1 is 1.18 bits per heavy atom. The van der Waals surface area contributed by atoms with Gasteiger partial charge in [-0.05, 0) is 67.3 Å². The van der Waals surface area contributed by atoms with E-state index in [4.69, 9.17) is 15.6 Å². The quantitative estimate of drug-likeness (QED) is 0.388. The van der Waals surface area contributed by atoms with Crippen molar-refractivity contribution in [1.29, 1.82) is 5.26 Å². The van der Waals surface area contributed by atoms with E-state index in [0.29, 0.717) is 19.6 Å². The molecule has 2 unspecified atom stereocenters. The maximum Gasteiger partial charge on any atom is 0.141 e. The van der Waals surface area contributed by atoms with Crippen LogP contribution in [-0.4, -0.2) is 58.2 Å². The van der Waals surface area contributed by atoms with Crippen molar-refractivity contribution in [3.8, 4) is 27.6 Å². The number of halogens is 1. The van der Waals surface area contributed by atoms with Crippen molar-refractivity contribution in [1.82, 2.24) is 14.7 Å². The van der Waals surface area contributed by atoms with Crippen molar-refractivity contribution in [2.24, 2.45) is 5.73 Å². The average Bonchev–Trinajstić information content (AvgIpc) is 3.53. The van der Waals surface area contributed by atoms with E-state index in [1.165, 1.54) is 10.9 Å². The summed E-state index contributed by atoms with van der Waals surface area (Å²) in [4.78, 5) is 4.62. The van der Waals surface area contributed by atoms with E-state index in [2.05, 4.69) is 17.0 Å². The monoisotopic (exact) mass is 531 g/mol. The summed E-state index contributed by atoms with van der Waals surface area (Å²) < 4.78 is 22.0. The van der Waals surface area contributed by atoms with E-state index in [1.54, 1.807) is 17.4 Å². The number of hydrogen-bond acceptors (Lipinski definition) is 7. The Labute approximate surface area is 224 Å². The topological polar surface area (TPSA) is 100 Å². The number of likely N-dealkylation sites (tertiary alicyclic amines) is 1. The highest BCUT2D eigenvalue weighted by Gasteiger charge is 2.26. The van der Waals surface area contributed by atoms with Gasteiger partial charge in [-0.15, -0.1) is 11.3 Å². The van der Waals surface area contributed by atoms with Gasteiger partial charge >= 0.3 is 0 Å². The molecular formula is C29H30FN5O2S. The fourth-order valence-electron chi connectivity index (χ4n) is 5.50. The van der Waals surface area contributed by atoms with Gasteiger partial charge in [0, 0.05) is 52.6 Å². The van der Waals surface area contributed by atoms with Gasteiger partial charge in [0.15, 0.2) is 0 Å². The zero-order chi connectivity index (χ0) is 26.2. The van der Waals surface area contributed by atoms with Gasteiger partial charge in [-0.3, -0.25) is 9.58 Å². The van der Waals surface area contributed by atoms with Crippen LogP contribution in [0.5, 0.6) is 0 Å². The van der Waals surface area contributed by atoms with E-state index in [9.17, 15) is 14.8 Å². The first-order valence-electron chi connectivity index (χ1n) is 13.0. The molecule has 2 fully saturated rings. The summed E-state index contributed by atoms with van der Waals surface area (Å²) in [5, 5.41) is 25.3. The van der Waals surface area contributed by atoms with E-state index in [0.717, 1.165) is 64.9 Å². The van der Waals surface area contributed by atoms with Gasteiger partial charge in [-0.25, -0.2) is 4.39 Å².